The van der Waals surface area contributed by atoms with Crippen molar-refractivity contribution in [2.75, 3.05) is 5.32 Å². The molecule has 118 valence electrons. The summed E-state index contributed by atoms with van der Waals surface area (Å²) in [6.07, 6.45) is 3.62. The van der Waals surface area contributed by atoms with E-state index in [1.807, 2.05) is 59.3 Å². The Morgan fingerprint density at radius 3 is 2.88 bits per heavy atom. The largest absolute Gasteiger partial charge is 0.327 e. The Balaban J connectivity index is 1.94. The Hall–Kier alpha value is -3.39. The smallest absolute Gasteiger partial charge is 0.221 e. The predicted octanol–water partition coefficient (Wildman–Crippen LogP) is 3.43. The highest BCUT2D eigenvalue weighted by Crippen LogP contribution is 2.22. The highest BCUT2D eigenvalue weighted by molar-refractivity contribution is 5.89. The molecule has 0 aliphatic heterocycles. The zero-order valence-corrected chi connectivity index (χ0v) is 13.2. The summed E-state index contributed by atoms with van der Waals surface area (Å²) in [4.78, 5) is 15.7. The lowest BCUT2D eigenvalue weighted by Crippen LogP contribution is -2.06. The summed E-state index contributed by atoms with van der Waals surface area (Å²) < 4.78 is 1.99. The monoisotopic (exact) mass is 316 g/mol. The number of carbonyl (C=O) groups excluding carboxylic acids is 1. The Bertz CT molecular complexity index is 921. The number of nitrogens with one attached hydrogen (secondary N) is 1. The molecular weight excluding hydrogens is 300 g/mol. The van der Waals surface area contributed by atoms with E-state index in [9.17, 15) is 10.1 Å². The van der Waals surface area contributed by atoms with Crippen LogP contribution in [0.3, 0.4) is 0 Å². The van der Waals surface area contributed by atoms with Gasteiger partial charge in [0.1, 0.15) is 5.82 Å². The standard InChI is InChI=1S/C19H16N4O/c1-14(24)22-18-8-4-7-15(11-18)19-21-9-10-23(19)13-17-6-3-2-5-16(17)12-20/h2-11H,13H2,1H3,(H,22,24). The molecule has 2 aromatic carbocycles. The first kappa shape index (κ1) is 15.5. The van der Waals surface area contributed by atoms with Crippen molar-refractivity contribution in [2.24, 2.45) is 0 Å². The lowest BCUT2D eigenvalue weighted by Gasteiger charge is -2.10. The highest BCUT2D eigenvalue weighted by atomic mass is 16.1. The average Bonchev–Trinajstić information content (AvgIpc) is 3.03. The van der Waals surface area contributed by atoms with Crippen molar-refractivity contribution in [3.05, 3.63) is 72.1 Å². The fraction of sp³-hybridized carbons (Fsp3) is 0.105. The molecule has 0 saturated carbocycles. The predicted molar refractivity (Wildman–Crippen MR) is 92.2 cm³/mol. The minimum absolute atomic E-state index is 0.113. The van der Waals surface area contributed by atoms with Gasteiger partial charge >= 0.3 is 0 Å². The van der Waals surface area contributed by atoms with E-state index >= 15 is 0 Å². The number of rotatable bonds is 4. The summed E-state index contributed by atoms with van der Waals surface area (Å²) >= 11 is 0. The molecule has 1 N–H and O–H groups in total. The molecule has 0 atom stereocenters. The van der Waals surface area contributed by atoms with Gasteiger partial charge in [-0.25, -0.2) is 4.98 Å². The van der Waals surface area contributed by atoms with Gasteiger partial charge in [-0.05, 0) is 23.8 Å². The molecule has 0 saturated heterocycles. The summed E-state index contributed by atoms with van der Waals surface area (Å²) in [5.74, 6) is 0.674. The summed E-state index contributed by atoms with van der Waals surface area (Å²) in [6, 6.07) is 17.3. The van der Waals surface area contributed by atoms with E-state index < -0.39 is 0 Å². The number of amides is 1. The Labute approximate surface area is 140 Å². The van der Waals surface area contributed by atoms with Crippen LogP contribution in [0.15, 0.2) is 60.9 Å². The molecule has 5 heteroatoms. The Kier molecular flexibility index (Phi) is 4.39. The highest BCUT2D eigenvalue weighted by Gasteiger charge is 2.09. The number of carbonyl (C=O) groups is 1. The van der Waals surface area contributed by atoms with Crippen LogP contribution in [-0.2, 0) is 11.3 Å². The second-order valence-corrected chi connectivity index (χ2v) is 5.41. The van der Waals surface area contributed by atoms with Crippen molar-refractivity contribution in [1.82, 2.24) is 9.55 Å². The fourth-order valence-electron chi connectivity index (χ4n) is 2.59. The van der Waals surface area contributed by atoms with Gasteiger partial charge in [0.05, 0.1) is 18.2 Å². The zero-order chi connectivity index (χ0) is 16.9. The molecule has 3 aromatic rings. The molecule has 1 aromatic heterocycles. The molecule has 1 amide bonds. The number of hydrogen-bond acceptors (Lipinski definition) is 3. The van der Waals surface area contributed by atoms with Gasteiger partial charge in [0.2, 0.25) is 5.91 Å². The number of nitriles is 1. The third-order valence-corrected chi connectivity index (χ3v) is 3.64. The van der Waals surface area contributed by atoms with E-state index in [4.69, 9.17) is 0 Å². The Morgan fingerprint density at radius 1 is 1.25 bits per heavy atom. The van der Waals surface area contributed by atoms with E-state index in [0.29, 0.717) is 12.1 Å². The minimum atomic E-state index is -0.113. The second kappa shape index (κ2) is 6.80. The third kappa shape index (κ3) is 3.33. The molecule has 1 heterocycles. The number of benzene rings is 2. The van der Waals surface area contributed by atoms with Crippen molar-refractivity contribution in [2.45, 2.75) is 13.5 Å². The van der Waals surface area contributed by atoms with Gasteiger partial charge in [0.15, 0.2) is 0 Å². The normalized spacial score (nSPS) is 10.2. The lowest BCUT2D eigenvalue weighted by molar-refractivity contribution is -0.114. The molecule has 0 bridgehead atoms. The molecule has 0 aliphatic rings. The van der Waals surface area contributed by atoms with Crippen molar-refractivity contribution in [3.8, 4) is 17.5 Å². The number of imidazole rings is 1. The summed E-state index contributed by atoms with van der Waals surface area (Å²) in [6.45, 7) is 2.04. The molecule has 5 nitrogen and oxygen atoms in total. The van der Waals surface area contributed by atoms with Gasteiger partial charge < -0.3 is 9.88 Å². The van der Waals surface area contributed by atoms with Crippen molar-refractivity contribution in [3.63, 3.8) is 0 Å². The van der Waals surface area contributed by atoms with E-state index in [1.165, 1.54) is 6.92 Å². The summed E-state index contributed by atoms with van der Waals surface area (Å²) in [7, 11) is 0. The van der Waals surface area contributed by atoms with Crippen LogP contribution in [0, 0.1) is 11.3 Å². The number of hydrogen-bond donors (Lipinski definition) is 1. The van der Waals surface area contributed by atoms with Crippen molar-refractivity contribution in [1.29, 1.82) is 5.26 Å². The number of anilines is 1. The maximum atomic E-state index is 11.2. The van der Waals surface area contributed by atoms with Gasteiger partial charge in [-0.15, -0.1) is 0 Å². The van der Waals surface area contributed by atoms with Crippen LogP contribution in [-0.4, -0.2) is 15.5 Å². The Morgan fingerprint density at radius 2 is 2.08 bits per heavy atom. The van der Waals surface area contributed by atoms with E-state index in [1.54, 1.807) is 6.20 Å². The molecular formula is C19H16N4O. The summed E-state index contributed by atoms with van der Waals surface area (Å²) in [5, 5.41) is 12.0. The van der Waals surface area contributed by atoms with Crippen LogP contribution in [0.5, 0.6) is 0 Å². The van der Waals surface area contributed by atoms with E-state index in [0.717, 1.165) is 22.6 Å². The average molecular weight is 316 g/mol. The van der Waals surface area contributed by atoms with Gasteiger partial charge in [-0.3, -0.25) is 4.79 Å². The first-order valence-corrected chi connectivity index (χ1v) is 7.54. The zero-order valence-electron chi connectivity index (χ0n) is 13.2. The molecule has 0 fully saturated rings. The number of nitrogens with zero attached hydrogens (tertiary/aromatic N) is 3. The van der Waals surface area contributed by atoms with Crippen LogP contribution >= 0.6 is 0 Å². The molecule has 0 radical (unpaired) electrons. The van der Waals surface area contributed by atoms with Crippen LogP contribution in [0.2, 0.25) is 0 Å². The summed E-state index contributed by atoms with van der Waals surface area (Å²) in [5.41, 5.74) is 3.23. The maximum absolute atomic E-state index is 11.2. The second-order valence-electron chi connectivity index (χ2n) is 5.41. The number of aromatic nitrogens is 2. The third-order valence-electron chi connectivity index (χ3n) is 3.64. The van der Waals surface area contributed by atoms with Crippen molar-refractivity contribution < 1.29 is 4.79 Å². The molecule has 0 spiro atoms. The van der Waals surface area contributed by atoms with Crippen LogP contribution in [0.25, 0.3) is 11.4 Å². The van der Waals surface area contributed by atoms with Crippen molar-refractivity contribution >= 4 is 11.6 Å². The first-order chi connectivity index (χ1) is 11.7. The van der Waals surface area contributed by atoms with Gasteiger partial charge in [0.25, 0.3) is 0 Å². The fourth-order valence-corrected chi connectivity index (χ4v) is 2.59. The quantitative estimate of drug-likeness (QED) is 0.801. The molecule has 24 heavy (non-hydrogen) atoms. The topological polar surface area (TPSA) is 70.7 Å². The molecule has 3 rings (SSSR count). The maximum Gasteiger partial charge on any atom is 0.221 e. The van der Waals surface area contributed by atoms with Crippen LogP contribution in [0.4, 0.5) is 5.69 Å². The van der Waals surface area contributed by atoms with Gasteiger partial charge in [-0.2, -0.15) is 5.26 Å². The molecule has 0 unspecified atom stereocenters. The van der Waals surface area contributed by atoms with Gasteiger partial charge in [0, 0.05) is 30.6 Å². The minimum Gasteiger partial charge on any atom is -0.327 e. The van der Waals surface area contributed by atoms with E-state index in [-0.39, 0.29) is 5.91 Å². The van der Waals surface area contributed by atoms with Crippen LogP contribution < -0.4 is 5.32 Å². The lowest BCUT2D eigenvalue weighted by atomic mass is 10.1. The van der Waals surface area contributed by atoms with Crippen LogP contribution in [0.1, 0.15) is 18.1 Å². The first-order valence-electron chi connectivity index (χ1n) is 7.54. The SMILES string of the molecule is CC(=O)Nc1cccc(-c2nccn2Cc2ccccc2C#N)c1. The van der Waals surface area contributed by atoms with Gasteiger partial charge in [-0.1, -0.05) is 30.3 Å². The molecule has 0 aliphatic carbocycles. The van der Waals surface area contributed by atoms with E-state index in [2.05, 4.69) is 16.4 Å².